The molecule has 0 aliphatic carbocycles. The van der Waals surface area contributed by atoms with Crippen LogP contribution < -0.4 is 5.32 Å². The Kier molecular flexibility index (Phi) is 7.14. The number of carbonyl (C=O) groups excluding carboxylic acids is 1. The Bertz CT molecular complexity index is 1190. The molecular formula is C21H25N5O3S2. The Balaban J connectivity index is 1.70. The van der Waals surface area contributed by atoms with Crippen molar-refractivity contribution in [3.63, 3.8) is 0 Å². The highest BCUT2D eigenvalue weighted by molar-refractivity contribution is 7.99. The molecule has 0 aliphatic rings. The maximum absolute atomic E-state index is 12.5. The molecule has 3 aromatic rings. The second-order valence-corrected chi connectivity index (χ2v) is 10.2. The number of nitrogens with zero attached hydrogens (tertiary/aromatic N) is 4. The van der Waals surface area contributed by atoms with E-state index in [0.29, 0.717) is 17.4 Å². The Labute approximate surface area is 186 Å². The zero-order valence-corrected chi connectivity index (χ0v) is 19.5. The predicted octanol–water partition coefficient (Wildman–Crippen LogP) is 3.25. The number of rotatable bonds is 8. The van der Waals surface area contributed by atoms with Crippen molar-refractivity contribution < 1.29 is 13.2 Å². The van der Waals surface area contributed by atoms with Crippen molar-refractivity contribution in [2.24, 2.45) is 0 Å². The largest absolute Gasteiger partial charge is 0.325 e. The fraction of sp³-hybridized carbons (Fsp3) is 0.286. The Morgan fingerprint density at radius 3 is 2.55 bits per heavy atom. The van der Waals surface area contributed by atoms with Crippen LogP contribution >= 0.6 is 11.8 Å². The monoisotopic (exact) mass is 459 g/mol. The number of hydrogen-bond acceptors (Lipinski definition) is 6. The number of benzene rings is 2. The predicted molar refractivity (Wildman–Crippen MR) is 123 cm³/mol. The van der Waals surface area contributed by atoms with E-state index in [0.717, 1.165) is 21.3 Å². The lowest BCUT2D eigenvalue weighted by Crippen LogP contribution is -2.22. The smallest absolute Gasteiger partial charge is 0.242 e. The molecule has 0 saturated carbocycles. The minimum Gasteiger partial charge on any atom is -0.325 e. The van der Waals surface area contributed by atoms with Crippen LogP contribution in [0.5, 0.6) is 0 Å². The van der Waals surface area contributed by atoms with Crippen LogP contribution in [0.1, 0.15) is 12.5 Å². The summed E-state index contributed by atoms with van der Waals surface area (Å²) in [5, 5.41) is 12.0. The summed E-state index contributed by atoms with van der Waals surface area (Å²) in [5.74, 6) is 0.624. The molecule has 31 heavy (non-hydrogen) atoms. The molecule has 1 amide bonds. The van der Waals surface area contributed by atoms with Crippen molar-refractivity contribution in [1.82, 2.24) is 19.1 Å². The summed E-state index contributed by atoms with van der Waals surface area (Å²) in [6.07, 6.45) is 0. The molecule has 0 aliphatic heterocycles. The average molecular weight is 460 g/mol. The van der Waals surface area contributed by atoms with Gasteiger partial charge in [0.1, 0.15) is 0 Å². The summed E-state index contributed by atoms with van der Waals surface area (Å²) in [6, 6.07) is 14.2. The highest BCUT2D eigenvalue weighted by Crippen LogP contribution is 2.25. The van der Waals surface area contributed by atoms with Crippen molar-refractivity contribution in [2.45, 2.75) is 30.4 Å². The van der Waals surface area contributed by atoms with Gasteiger partial charge in [0, 0.05) is 31.9 Å². The van der Waals surface area contributed by atoms with Gasteiger partial charge < -0.3 is 9.88 Å². The topological polar surface area (TPSA) is 97.2 Å². The summed E-state index contributed by atoms with van der Waals surface area (Å²) in [4.78, 5) is 12.6. The zero-order valence-electron chi connectivity index (χ0n) is 17.9. The molecule has 0 saturated heterocycles. The minimum absolute atomic E-state index is 0.122. The number of sulfonamides is 1. The van der Waals surface area contributed by atoms with E-state index < -0.39 is 10.0 Å². The minimum atomic E-state index is -3.57. The van der Waals surface area contributed by atoms with E-state index in [2.05, 4.69) is 15.5 Å². The highest BCUT2D eigenvalue weighted by Gasteiger charge is 2.18. The van der Waals surface area contributed by atoms with E-state index in [1.165, 1.54) is 38.0 Å². The van der Waals surface area contributed by atoms with Gasteiger partial charge in [-0.25, -0.2) is 12.7 Å². The van der Waals surface area contributed by atoms with Crippen molar-refractivity contribution in [1.29, 1.82) is 0 Å². The van der Waals surface area contributed by atoms with Crippen molar-refractivity contribution in [2.75, 3.05) is 25.2 Å². The first kappa shape index (κ1) is 23.0. The standard InChI is InChI=1S/C21H25N5O3S2/c1-5-26-20(16-9-6-8-15(2)12-16)23-24-21(26)30-14-19(27)22-17-10-7-11-18(13-17)31(28,29)25(3)4/h6-13H,5,14H2,1-4H3,(H,22,27). The first-order chi connectivity index (χ1) is 14.7. The van der Waals surface area contributed by atoms with Gasteiger partial charge in [0.15, 0.2) is 11.0 Å². The highest BCUT2D eigenvalue weighted by atomic mass is 32.2. The number of thioether (sulfide) groups is 1. The molecule has 8 nitrogen and oxygen atoms in total. The normalized spacial score (nSPS) is 11.6. The number of hydrogen-bond donors (Lipinski definition) is 1. The lowest BCUT2D eigenvalue weighted by Gasteiger charge is -2.12. The molecule has 1 aromatic heterocycles. The molecule has 1 N–H and O–H groups in total. The molecule has 0 fully saturated rings. The van der Waals surface area contributed by atoms with Gasteiger partial charge in [-0.1, -0.05) is 41.6 Å². The molecule has 1 heterocycles. The van der Waals surface area contributed by atoms with Crippen LogP contribution in [0.2, 0.25) is 0 Å². The maximum Gasteiger partial charge on any atom is 0.242 e. The van der Waals surface area contributed by atoms with E-state index in [9.17, 15) is 13.2 Å². The first-order valence-electron chi connectivity index (χ1n) is 9.68. The molecule has 10 heteroatoms. The maximum atomic E-state index is 12.5. The molecule has 0 unspecified atom stereocenters. The molecule has 2 aromatic carbocycles. The van der Waals surface area contributed by atoms with E-state index in [1.807, 2.05) is 42.7 Å². The van der Waals surface area contributed by atoms with Crippen LogP contribution in [0.4, 0.5) is 5.69 Å². The number of nitrogens with one attached hydrogen (secondary N) is 1. The lowest BCUT2D eigenvalue weighted by molar-refractivity contribution is -0.113. The Hall–Kier alpha value is -2.69. The lowest BCUT2D eigenvalue weighted by atomic mass is 10.1. The van der Waals surface area contributed by atoms with Gasteiger partial charge in [-0.3, -0.25) is 4.79 Å². The van der Waals surface area contributed by atoms with Crippen molar-refractivity contribution in [3.05, 3.63) is 54.1 Å². The van der Waals surface area contributed by atoms with Gasteiger partial charge in [-0.15, -0.1) is 10.2 Å². The summed E-state index contributed by atoms with van der Waals surface area (Å²) in [6.45, 7) is 4.70. The Morgan fingerprint density at radius 2 is 1.87 bits per heavy atom. The second kappa shape index (κ2) is 9.63. The average Bonchev–Trinajstić information content (AvgIpc) is 3.15. The number of anilines is 1. The van der Waals surface area contributed by atoms with Gasteiger partial charge >= 0.3 is 0 Å². The third-order valence-electron chi connectivity index (χ3n) is 4.54. The SMILES string of the molecule is CCn1c(SCC(=O)Nc2cccc(S(=O)(=O)N(C)C)c2)nnc1-c1cccc(C)c1. The van der Waals surface area contributed by atoms with Crippen LogP contribution in [0.15, 0.2) is 58.6 Å². The van der Waals surface area contributed by atoms with Crippen LogP contribution in [0.3, 0.4) is 0 Å². The van der Waals surface area contributed by atoms with E-state index in [1.54, 1.807) is 12.1 Å². The zero-order chi connectivity index (χ0) is 22.6. The molecule has 164 valence electrons. The van der Waals surface area contributed by atoms with E-state index >= 15 is 0 Å². The Morgan fingerprint density at radius 1 is 1.13 bits per heavy atom. The van der Waals surface area contributed by atoms with Gasteiger partial charge in [0.2, 0.25) is 15.9 Å². The molecule has 0 atom stereocenters. The number of amides is 1. The summed E-state index contributed by atoms with van der Waals surface area (Å²) < 4.78 is 27.7. The molecular weight excluding hydrogens is 434 g/mol. The number of aryl methyl sites for hydroxylation is 1. The van der Waals surface area contributed by atoms with Crippen LogP contribution in [-0.4, -0.2) is 53.2 Å². The molecule has 0 radical (unpaired) electrons. The fourth-order valence-electron chi connectivity index (χ4n) is 2.95. The van der Waals surface area contributed by atoms with Gasteiger partial charge in [0.25, 0.3) is 0 Å². The van der Waals surface area contributed by atoms with Crippen LogP contribution in [-0.2, 0) is 21.4 Å². The first-order valence-corrected chi connectivity index (χ1v) is 12.1. The fourth-order valence-corrected chi connectivity index (χ4v) is 4.70. The van der Waals surface area contributed by atoms with Crippen LogP contribution in [0, 0.1) is 6.92 Å². The van der Waals surface area contributed by atoms with E-state index in [-0.39, 0.29) is 16.6 Å². The quantitative estimate of drug-likeness (QED) is 0.520. The van der Waals surface area contributed by atoms with Crippen molar-refractivity contribution in [3.8, 4) is 11.4 Å². The van der Waals surface area contributed by atoms with Gasteiger partial charge in [0.05, 0.1) is 10.6 Å². The summed E-state index contributed by atoms with van der Waals surface area (Å²) >= 11 is 1.28. The van der Waals surface area contributed by atoms with Crippen LogP contribution in [0.25, 0.3) is 11.4 Å². The second-order valence-electron chi connectivity index (χ2n) is 7.07. The summed E-state index contributed by atoms with van der Waals surface area (Å²) in [5.41, 5.74) is 2.53. The summed E-state index contributed by atoms with van der Waals surface area (Å²) in [7, 11) is -0.642. The van der Waals surface area contributed by atoms with E-state index in [4.69, 9.17) is 0 Å². The van der Waals surface area contributed by atoms with Gasteiger partial charge in [-0.05, 0) is 38.1 Å². The van der Waals surface area contributed by atoms with Crippen molar-refractivity contribution >= 4 is 33.4 Å². The molecule has 0 spiro atoms. The van der Waals surface area contributed by atoms with Gasteiger partial charge in [-0.2, -0.15) is 0 Å². The number of carbonyl (C=O) groups is 1. The molecule has 3 rings (SSSR count). The number of aromatic nitrogens is 3. The third-order valence-corrected chi connectivity index (χ3v) is 7.32. The third kappa shape index (κ3) is 5.33. The molecule has 0 bridgehead atoms.